The number of para-hydroxylation sites is 1. The lowest BCUT2D eigenvalue weighted by Gasteiger charge is -2.43. The summed E-state index contributed by atoms with van der Waals surface area (Å²) in [5.41, 5.74) is 9.28. The van der Waals surface area contributed by atoms with Crippen molar-refractivity contribution in [3.8, 4) is 0 Å². The van der Waals surface area contributed by atoms with Gasteiger partial charge < -0.3 is 31.2 Å². The Labute approximate surface area is 211 Å². The van der Waals surface area contributed by atoms with Gasteiger partial charge in [-0.05, 0) is 43.2 Å². The molecule has 0 aromatic heterocycles. The summed E-state index contributed by atoms with van der Waals surface area (Å²) in [6.07, 6.45) is -3.98. The predicted octanol–water partition coefficient (Wildman–Crippen LogP) is 1.51. The second kappa shape index (κ2) is 10.2. The topological polar surface area (TPSA) is 137 Å². The SMILES string of the molecule is NNc1ccc(C(=O)N2CCC3(CC2)C(=O)N(CC(=O)NCC(F)(F)F)CN3c2ccccc2)cc1N. The second-order valence-corrected chi connectivity index (χ2v) is 9.07. The van der Waals surface area contributed by atoms with E-state index in [4.69, 9.17) is 11.6 Å². The van der Waals surface area contributed by atoms with Crippen LogP contribution in [0.4, 0.5) is 30.2 Å². The predicted molar refractivity (Wildman–Crippen MR) is 131 cm³/mol. The number of nitrogens with one attached hydrogen (secondary N) is 2. The monoisotopic (exact) mass is 519 g/mol. The summed E-state index contributed by atoms with van der Waals surface area (Å²) in [6, 6.07) is 13.9. The molecule has 0 aliphatic carbocycles. The van der Waals surface area contributed by atoms with Crippen molar-refractivity contribution in [2.75, 3.05) is 48.9 Å². The number of hydrogen-bond acceptors (Lipinski definition) is 7. The highest BCUT2D eigenvalue weighted by atomic mass is 19.4. The molecule has 2 saturated heterocycles. The molecule has 198 valence electrons. The standard InChI is InChI=1S/C24H28F3N7O3/c25-24(26,27)14-30-20(35)13-33-15-34(17-4-2-1-3-5-17)23(22(33)37)8-10-32(11-9-23)21(36)16-6-7-19(31-29)18(28)12-16/h1-7,12,31H,8-11,13-15,28-29H2,(H,30,35). The Bertz CT molecular complexity index is 1170. The number of hydrazine groups is 1. The van der Waals surface area contributed by atoms with E-state index < -0.39 is 30.7 Å². The number of hydrogen-bond donors (Lipinski definition) is 4. The van der Waals surface area contributed by atoms with E-state index >= 15 is 0 Å². The zero-order valence-electron chi connectivity index (χ0n) is 19.9. The molecule has 0 atom stereocenters. The van der Waals surface area contributed by atoms with Crippen LogP contribution in [0.2, 0.25) is 0 Å². The van der Waals surface area contributed by atoms with Crippen molar-refractivity contribution in [1.29, 1.82) is 0 Å². The normalized spacial score (nSPS) is 17.3. The third-order valence-electron chi connectivity index (χ3n) is 6.73. The Hall–Kier alpha value is -4.00. The van der Waals surface area contributed by atoms with Crippen molar-refractivity contribution in [3.05, 3.63) is 54.1 Å². The molecule has 0 saturated carbocycles. The molecule has 0 unspecified atom stereocenters. The molecule has 3 amide bonds. The number of carbonyl (C=O) groups is 3. The van der Waals surface area contributed by atoms with Gasteiger partial charge in [-0.2, -0.15) is 13.2 Å². The van der Waals surface area contributed by atoms with Crippen LogP contribution in [0, 0.1) is 0 Å². The van der Waals surface area contributed by atoms with Gasteiger partial charge in [0.2, 0.25) is 5.91 Å². The molecular formula is C24H28F3N7O3. The number of anilines is 3. The molecule has 0 bridgehead atoms. The van der Waals surface area contributed by atoms with Crippen LogP contribution in [0.5, 0.6) is 0 Å². The van der Waals surface area contributed by atoms with E-state index in [1.807, 2.05) is 40.5 Å². The molecule has 2 heterocycles. The second-order valence-electron chi connectivity index (χ2n) is 9.07. The van der Waals surface area contributed by atoms with E-state index in [0.717, 1.165) is 5.69 Å². The lowest BCUT2D eigenvalue weighted by Crippen LogP contribution is -2.57. The Balaban J connectivity index is 1.51. The number of piperidine rings is 1. The summed E-state index contributed by atoms with van der Waals surface area (Å²) in [4.78, 5) is 43.7. The maximum Gasteiger partial charge on any atom is 0.405 e. The van der Waals surface area contributed by atoms with Crippen molar-refractivity contribution in [2.45, 2.75) is 24.6 Å². The fraction of sp³-hybridized carbons (Fsp3) is 0.375. The zero-order chi connectivity index (χ0) is 26.8. The molecular weight excluding hydrogens is 491 g/mol. The summed E-state index contributed by atoms with van der Waals surface area (Å²) >= 11 is 0. The first-order chi connectivity index (χ1) is 17.5. The third kappa shape index (κ3) is 5.40. The minimum Gasteiger partial charge on any atom is -0.397 e. The van der Waals surface area contributed by atoms with Gasteiger partial charge >= 0.3 is 6.18 Å². The summed E-state index contributed by atoms with van der Waals surface area (Å²) in [5.74, 6) is 3.91. The van der Waals surface area contributed by atoms with Crippen molar-refractivity contribution < 1.29 is 27.6 Å². The number of rotatable bonds is 6. The largest absolute Gasteiger partial charge is 0.405 e. The van der Waals surface area contributed by atoms with Crippen LogP contribution >= 0.6 is 0 Å². The lowest BCUT2D eigenvalue weighted by molar-refractivity contribution is -0.142. The van der Waals surface area contributed by atoms with Crippen LogP contribution in [0.1, 0.15) is 23.2 Å². The average Bonchev–Trinajstić information content (AvgIpc) is 3.13. The van der Waals surface area contributed by atoms with Crippen LogP contribution in [0.25, 0.3) is 0 Å². The summed E-state index contributed by atoms with van der Waals surface area (Å²) in [6.45, 7) is -1.40. The number of nitrogen functional groups attached to an aromatic ring is 2. The van der Waals surface area contributed by atoms with Gasteiger partial charge in [-0.3, -0.25) is 20.2 Å². The maximum absolute atomic E-state index is 13.6. The highest BCUT2D eigenvalue weighted by Crippen LogP contribution is 2.39. The van der Waals surface area contributed by atoms with Crippen LogP contribution < -0.4 is 27.2 Å². The molecule has 10 nitrogen and oxygen atoms in total. The van der Waals surface area contributed by atoms with Gasteiger partial charge in [0.15, 0.2) is 0 Å². The molecule has 2 fully saturated rings. The molecule has 37 heavy (non-hydrogen) atoms. The molecule has 1 spiro atoms. The Morgan fingerprint density at radius 2 is 1.73 bits per heavy atom. The van der Waals surface area contributed by atoms with Gasteiger partial charge in [-0.1, -0.05) is 18.2 Å². The van der Waals surface area contributed by atoms with Gasteiger partial charge in [-0.15, -0.1) is 0 Å². The zero-order valence-corrected chi connectivity index (χ0v) is 19.9. The van der Waals surface area contributed by atoms with E-state index in [1.54, 1.807) is 17.0 Å². The first kappa shape index (κ1) is 26.1. The van der Waals surface area contributed by atoms with E-state index in [0.29, 0.717) is 16.9 Å². The number of alkyl halides is 3. The summed E-state index contributed by atoms with van der Waals surface area (Å²) in [7, 11) is 0. The molecule has 0 radical (unpaired) electrons. The number of nitrogens with two attached hydrogens (primary N) is 2. The quantitative estimate of drug-likeness (QED) is 0.258. The first-order valence-corrected chi connectivity index (χ1v) is 11.6. The molecule has 13 heteroatoms. The highest BCUT2D eigenvalue weighted by Gasteiger charge is 2.54. The van der Waals surface area contributed by atoms with E-state index in [1.165, 1.54) is 11.0 Å². The third-order valence-corrected chi connectivity index (χ3v) is 6.73. The number of halogens is 3. The van der Waals surface area contributed by atoms with Gasteiger partial charge in [0.25, 0.3) is 11.8 Å². The number of nitrogens with zero attached hydrogens (tertiary/aromatic N) is 3. The van der Waals surface area contributed by atoms with Crippen LogP contribution in [0.3, 0.4) is 0 Å². The lowest BCUT2D eigenvalue weighted by atomic mass is 9.85. The molecule has 2 aliphatic rings. The Kier molecular flexibility index (Phi) is 7.16. The van der Waals surface area contributed by atoms with Gasteiger partial charge in [0, 0.05) is 24.3 Å². The molecule has 2 aromatic carbocycles. The Morgan fingerprint density at radius 1 is 1.05 bits per heavy atom. The van der Waals surface area contributed by atoms with Crippen molar-refractivity contribution in [2.24, 2.45) is 5.84 Å². The van der Waals surface area contributed by atoms with Crippen LogP contribution in [0.15, 0.2) is 48.5 Å². The van der Waals surface area contributed by atoms with Gasteiger partial charge in [-0.25, -0.2) is 0 Å². The smallest absolute Gasteiger partial charge is 0.397 e. The Morgan fingerprint density at radius 3 is 2.32 bits per heavy atom. The van der Waals surface area contributed by atoms with Crippen molar-refractivity contribution >= 4 is 34.8 Å². The molecule has 2 aromatic rings. The first-order valence-electron chi connectivity index (χ1n) is 11.6. The minimum atomic E-state index is -4.55. The fourth-order valence-electron chi connectivity index (χ4n) is 4.84. The molecule has 6 N–H and O–H groups in total. The highest BCUT2D eigenvalue weighted by molar-refractivity contribution is 5.98. The molecule has 4 rings (SSSR count). The van der Waals surface area contributed by atoms with E-state index in [9.17, 15) is 27.6 Å². The van der Waals surface area contributed by atoms with Gasteiger partial charge in [0.1, 0.15) is 18.6 Å². The summed E-state index contributed by atoms with van der Waals surface area (Å²) in [5, 5.41) is 1.82. The number of carbonyl (C=O) groups excluding carboxylic acids is 3. The van der Waals surface area contributed by atoms with Gasteiger partial charge in [0.05, 0.1) is 18.0 Å². The fourth-order valence-corrected chi connectivity index (χ4v) is 4.84. The van der Waals surface area contributed by atoms with Crippen LogP contribution in [-0.4, -0.2) is 72.1 Å². The van der Waals surface area contributed by atoms with Crippen molar-refractivity contribution in [1.82, 2.24) is 15.1 Å². The minimum absolute atomic E-state index is 0.0420. The number of benzene rings is 2. The number of likely N-dealkylation sites (tertiary alicyclic amines) is 1. The maximum atomic E-state index is 13.6. The van der Waals surface area contributed by atoms with Crippen LogP contribution in [-0.2, 0) is 9.59 Å². The molecule has 2 aliphatic heterocycles. The van der Waals surface area contributed by atoms with Crippen molar-refractivity contribution in [3.63, 3.8) is 0 Å². The average molecular weight is 520 g/mol. The number of amides is 3. The van der Waals surface area contributed by atoms with E-state index in [2.05, 4.69) is 5.43 Å². The summed E-state index contributed by atoms with van der Waals surface area (Å²) < 4.78 is 37.5. The van der Waals surface area contributed by atoms with E-state index in [-0.39, 0.29) is 44.4 Å².